The van der Waals surface area contributed by atoms with Gasteiger partial charge in [0, 0.05) is 55.7 Å². The van der Waals surface area contributed by atoms with Crippen LogP contribution in [0.4, 0.5) is 9.18 Å². The molecule has 2 N–H and O–H groups in total. The SMILES string of the molecule is CN1CCCC1CCNC(=O)C1=CN2C3CC4C(CC3OC3C(N5CC[C@H](NC(=O)OC(C)(C)C)C5)C(F)CC(C1=O)C32)C(=O)C1CCCCC14. The van der Waals surface area contributed by atoms with Gasteiger partial charge in [-0.2, -0.15) is 0 Å². The van der Waals surface area contributed by atoms with Crippen molar-refractivity contribution in [2.24, 2.45) is 29.6 Å². The summed E-state index contributed by atoms with van der Waals surface area (Å²) in [4.78, 5) is 61.0. The van der Waals surface area contributed by atoms with Crippen molar-refractivity contribution in [3.8, 4) is 0 Å². The summed E-state index contributed by atoms with van der Waals surface area (Å²) in [6.45, 7) is 8.05. The number of fused-ring (bicyclic) bond motifs is 5. The van der Waals surface area contributed by atoms with E-state index in [1.165, 1.54) is 0 Å². The number of ether oxygens (including phenoxy) is 2. The molecule has 12 heteroatoms. The third-order valence-corrected chi connectivity index (χ3v) is 14.0. The van der Waals surface area contributed by atoms with Gasteiger partial charge in [0.1, 0.15) is 17.6 Å². The monoisotopic (exact) mass is 711 g/mol. The number of ketones is 2. The summed E-state index contributed by atoms with van der Waals surface area (Å²) in [6.07, 6.45) is 8.54. The zero-order valence-corrected chi connectivity index (χ0v) is 30.9. The lowest BCUT2D eigenvalue weighted by Crippen LogP contribution is -2.73. The number of nitrogens with one attached hydrogen (secondary N) is 2. The van der Waals surface area contributed by atoms with E-state index in [2.05, 4.69) is 32.4 Å². The number of rotatable bonds is 6. The van der Waals surface area contributed by atoms with Crippen LogP contribution in [0.15, 0.2) is 11.8 Å². The summed E-state index contributed by atoms with van der Waals surface area (Å²) in [5.74, 6) is -0.208. The fraction of sp³-hybridized carbons (Fsp3) is 0.846. The molecule has 11 nitrogen and oxygen atoms in total. The average Bonchev–Trinajstić information content (AvgIpc) is 3.78. The molecule has 0 aromatic carbocycles. The van der Waals surface area contributed by atoms with Crippen LogP contribution < -0.4 is 10.6 Å². The lowest BCUT2D eigenvalue weighted by molar-refractivity contribution is -0.217. The Hall–Kier alpha value is -2.57. The molecule has 51 heavy (non-hydrogen) atoms. The molecule has 282 valence electrons. The zero-order valence-electron chi connectivity index (χ0n) is 30.9. The Morgan fingerprint density at radius 3 is 2.53 bits per heavy atom. The van der Waals surface area contributed by atoms with E-state index in [4.69, 9.17) is 9.47 Å². The molecule has 0 bridgehead atoms. The summed E-state index contributed by atoms with van der Waals surface area (Å²) in [5, 5.41) is 6.02. The molecule has 0 aromatic heterocycles. The van der Waals surface area contributed by atoms with Crippen LogP contribution in [-0.2, 0) is 23.9 Å². The maximum Gasteiger partial charge on any atom is 0.407 e. The Labute approximate surface area is 301 Å². The third kappa shape index (κ3) is 6.53. The predicted octanol–water partition coefficient (Wildman–Crippen LogP) is 3.60. The van der Waals surface area contributed by atoms with Gasteiger partial charge in [0.05, 0.1) is 35.9 Å². The van der Waals surface area contributed by atoms with Crippen molar-refractivity contribution in [3.05, 3.63) is 11.8 Å². The van der Waals surface area contributed by atoms with Crippen LogP contribution in [-0.4, -0.2) is 126 Å². The van der Waals surface area contributed by atoms with Gasteiger partial charge in [-0.25, -0.2) is 9.18 Å². The molecule has 12 unspecified atom stereocenters. The van der Waals surface area contributed by atoms with Crippen molar-refractivity contribution < 1.29 is 33.0 Å². The first-order valence-corrected chi connectivity index (χ1v) is 20.0. The van der Waals surface area contributed by atoms with Crippen molar-refractivity contribution >= 4 is 23.6 Å². The average molecular weight is 712 g/mol. The molecule has 8 rings (SSSR count). The highest BCUT2D eigenvalue weighted by Gasteiger charge is 2.63. The van der Waals surface area contributed by atoms with E-state index in [0.29, 0.717) is 50.2 Å². The first-order chi connectivity index (χ1) is 24.4. The number of amides is 2. The van der Waals surface area contributed by atoms with Crippen LogP contribution in [0.5, 0.6) is 0 Å². The van der Waals surface area contributed by atoms with Gasteiger partial charge in [0.2, 0.25) is 0 Å². The van der Waals surface area contributed by atoms with Crippen LogP contribution in [0.3, 0.4) is 0 Å². The molecular formula is C39H58FN5O6. The molecule has 0 spiro atoms. The van der Waals surface area contributed by atoms with Crippen molar-refractivity contribution in [2.75, 3.05) is 33.2 Å². The van der Waals surface area contributed by atoms with Crippen molar-refractivity contribution in [2.45, 2.75) is 146 Å². The zero-order chi connectivity index (χ0) is 35.8. The van der Waals surface area contributed by atoms with Crippen molar-refractivity contribution in [1.29, 1.82) is 0 Å². The number of carbonyl (C=O) groups excluding carboxylic acids is 4. The third-order valence-electron chi connectivity index (χ3n) is 14.0. The molecule has 4 saturated carbocycles. The van der Waals surface area contributed by atoms with Gasteiger partial charge in [0.25, 0.3) is 5.91 Å². The second-order valence-corrected chi connectivity index (χ2v) is 18.0. The van der Waals surface area contributed by atoms with Crippen LogP contribution in [0.25, 0.3) is 0 Å². The largest absolute Gasteiger partial charge is 0.444 e. The maximum absolute atomic E-state index is 16.7. The minimum absolute atomic E-state index is 0.0231. The minimum atomic E-state index is -1.36. The lowest BCUT2D eigenvalue weighted by atomic mass is 9.66. The van der Waals surface area contributed by atoms with Crippen molar-refractivity contribution in [1.82, 2.24) is 25.3 Å². The van der Waals surface area contributed by atoms with E-state index in [1.807, 2.05) is 20.8 Å². The predicted molar refractivity (Wildman–Crippen MR) is 187 cm³/mol. The van der Waals surface area contributed by atoms with Crippen LogP contribution in [0.2, 0.25) is 0 Å². The Morgan fingerprint density at radius 2 is 1.76 bits per heavy atom. The molecule has 0 radical (unpaired) electrons. The molecule has 2 amide bonds. The van der Waals surface area contributed by atoms with Gasteiger partial charge in [-0.1, -0.05) is 12.8 Å². The highest BCUT2D eigenvalue weighted by Crippen LogP contribution is 2.56. The van der Waals surface area contributed by atoms with Crippen LogP contribution in [0, 0.1) is 29.6 Å². The number of carbonyl (C=O) groups is 4. The second kappa shape index (κ2) is 13.7. The molecule has 4 aliphatic carbocycles. The van der Waals surface area contributed by atoms with Crippen LogP contribution in [0.1, 0.15) is 91.4 Å². The Bertz CT molecular complexity index is 1430. The number of morpholine rings is 1. The molecule has 3 saturated heterocycles. The number of hydrogen-bond acceptors (Lipinski definition) is 9. The highest BCUT2D eigenvalue weighted by atomic mass is 19.1. The standard InChI is InChI=1S/C39H58FN5O6/c1-39(2,3)51-38(49)42-21-12-15-44(19-21)33-29(40)16-27-32-36(33)50-31-18-26-25(23-9-5-6-10-24(23)34(26)46)17-30(31)45(32)20-28(35(27)47)37(48)41-13-11-22-8-7-14-43(22)4/h20-27,29-33,36H,5-19H2,1-4H3,(H,41,48)(H,42,49)/t21-,22?,23?,24?,25?,26?,27?,29?,30?,31?,32?,33?,36?/m0/s1. The quantitative estimate of drug-likeness (QED) is 0.399. The number of halogens is 1. The molecule has 4 aliphatic heterocycles. The molecule has 7 fully saturated rings. The molecular weight excluding hydrogens is 653 g/mol. The number of alkyl carbamates (subject to hydrolysis) is 1. The van der Waals surface area contributed by atoms with Gasteiger partial charge >= 0.3 is 6.09 Å². The van der Waals surface area contributed by atoms with E-state index >= 15 is 4.39 Å². The maximum atomic E-state index is 16.7. The van der Waals surface area contributed by atoms with E-state index < -0.39 is 42.0 Å². The summed E-state index contributed by atoms with van der Waals surface area (Å²) in [5.41, 5.74) is -0.495. The van der Waals surface area contributed by atoms with E-state index in [1.54, 1.807) is 6.20 Å². The smallest absolute Gasteiger partial charge is 0.407 e. The summed E-state index contributed by atoms with van der Waals surface area (Å²) in [7, 11) is 2.11. The number of nitrogens with zero attached hydrogens (tertiary/aromatic N) is 3. The Balaban J connectivity index is 1.06. The fourth-order valence-electron chi connectivity index (χ4n) is 11.8. The number of alkyl halides is 1. The molecule has 4 heterocycles. The summed E-state index contributed by atoms with van der Waals surface area (Å²) < 4.78 is 29.2. The molecule has 13 atom stereocenters. The van der Waals surface area contributed by atoms with Gasteiger partial charge in [0.15, 0.2) is 5.78 Å². The number of hydrogen-bond donors (Lipinski definition) is 2. The first kappa shape index (κ1) is 35.5. The second-order valence-electron chi connectivity index (χ2n) is 18.0. The summed E-state index contributed by atoms with van der Waals surface area (Å²) >= 11 is 0. The Kier molecular flexibility index (Phi) is 9.52. The molecule has 8 aliphatic rings. The highest BCUT2D eigenvalue weighted by molar-refractivity contribution is 6.20. The van der Waals surface area contributed by atoms with E-state index in [0.717, 1.165) is 57.9 Å². The normalized spacial score (nSPS) is 42.4. The first-order valence-electron chi connectivity index (χ1n) is 20.0. The van der Waals surface area contributed by atoms with Gasteiger partial charge in [-0.15, -0.1) is 0 Å². The topological polar surface area (TPSA) is 121 Å². The molecule has 0 aromatic rings. The van der Waals surface area contributed by atoms with Gasteiger partial charge < -0.3 is 29.9 Å². The fourth-order valence-corrected chi connectivity index (χ4v) is 11.8. The number of Topliss-reactive ketones (excluding diaryl/α,β-unsaturated/α-hetero) is 2. The summed E-state index contributed by atoms with van der Waals surface area (Å²) in [6, 6.07) is -0.859. The van der Waals surface area contributed by atoms with Crippen molar-refractivity contribution in [3.63, 3.8) is 0 Å². The van der Waals surface area contributed by atoms with Gasteiger partial charge in [-0.3, -0.25) is 19.3 Å². The van der Waals surface area contributed by atoms with E-state index in [-0.39, 0.29) is 59.6 Å². The van der Waals surface area contributed by atoms with E-state index in [9.17, 15) is 19.2 Å². The Morgan fingerprint density at radius 1 is 0.961 bits per heavy atom. The van der Waals surface area contributed by atoms with Gasteiger partial charge in [-0.05, 0) is 104 Å². The lowest BCUT2D eigenvalue weighted by Gasteiger charge is -2.61. The minimum Gasteiger partial charge on any atom is -0.444 e. The number of likely N-dealkylation sites (tertiary alicyclic amines) is 2. The van der Waals surface area contributed by atoms with Crippen LogP contribution >= 0.6 is 0 Å².